The highest BCUT2D eigenvalue weighted by Crippen LogP contribution is 2.12. The maximum atomic E-state index is 5.69. The molecule has 1 aromatic rings. The summed E-state index contributed by atoms with van der Waals surface area (Å²) in [5.41, 5.74) is 1.21. The van der Waals surface area contributed by atoms with Crippen molar-refractivity contribution in [3.8, 4) is 0 Å². The summed E-state index contributed by atoms with van der Waals surface area (Å²) in [4.78, 5) is 4.23. The van der Waals surface area contributed by atoms with Crippen LogP contribution in [0.5, 0.6) is 0 Å². The molecule has 1 fully saturated rings. The molecule has 1 heterocycles. The number of guanidine groups is 1. The summed E-state index contributed by atoms with van der Waals surface area (Å²) < 4.78 is 12.1. The Bertz CT molecular complexity index is 490. The van der Waals surface area contributed by atoms with Crippen molar-refractivity contribution in [2.75, 3.05) is 40.0 Å². The minimum absolute atomic E-state index is 0.586. The monoisotopic (exact) mass is 383 g/mol. The Morgan fingerprint density at radius 1 is 1.43 bits per heavy atom. The quantitative estimate of drug-likeness (QED) is 0.411. The summed E-state index contributed by atoms with van der Waals surface area (Å²) in [6, 6.07) is 8.24. The fourth-order valence-corrected chi connectivity index (χ4v) is 2.85. The third kappa shape index (κ3) is 7.33. The van der Waals surface area contributed by atoms with Gasteiger partial charge in [0.15, 0.2) is 5.96 Å². The highest BCUT2D eigenvalue weighted by molar-refractivity contribution is 9.10. The lowest BCUT2D eigenvalue weighted by atomic mass is 10.1. The van der Waals surface area contributed by atoms with E-state index >= 15 is 0 Å². The van der Waals surface area contributed by atoms with Crippen molar-refractivity contribution < 1.29 is 9.47 Å². The summed E-state index contributed by atoms with van der Waals surface area (Å²) in [7, 11) is 1.78. The van der Waals surface area contributed by atoms with Gasteiger partial charge >= 0.3 is 0 Å². The van der Waals surface area contributed by atoms with Gasteiger partial charge in [-0.05, 0) is 30.5 Å². The number of rotatable bonds is 8. The first-order valence-electron chi connectivity index (χ1n) is 8.12. The molecule has 2 N–H and O–H groups in total. The molecule has 0 radical (unpaired) electrons. The Balaban J connectivity index is 1.54. The molecule has 5 nitrogen and oxygen atoms in total. The average Bonchev–Trinajstić information content (AvgIpc) is 3.07. The third-order valence-corrected chi connectivity index (χ3v) is 4.20. The molecule has 0 saturated carbocycles. The predicted octanol–water partition coefficient (Wildman–Crippen LogP) is 2.56. The van der Waals surface area contributed by atoms with Crippen LogP contribution in [0.1, 0.15) is 18.4 Å². The van der Waals surface area contributed by atoms with Crippen molar-refractivity contribution in [2.45, 2.75) is 19.4 Å². The Morgan fingerprint density at radius 3 is 3.09 bits per heavy atom. The number of nitrogens with one attached hydrogen (secondary N) is 2. The number of hydrogen-bond donors (Lipinski definition) is 2. The van der Waals surface area contributed by atoms with Gasteiger partial charge < -0.3 is 20.1 Å². The lowest BCUT2D eigenvalue weighted by molar-refractivity contribution is 0.0888. The lowest BCUT2D eigenvalue weighted by Gasteiger charge is -2.13. The van der Waals surface area contributed by atoms with Crippen LogP contribution in [0, 0.1) is 5.92 Å². The van der Waals surface area contributed by atoms with Crippen LogP contribution in [0.4, 0.5) is 0 Å². The Kier molecular flexibility index (Phi) is 8.42. The number of ether oxygens (including phenoxy) is 2. The summed E-state index contributed by atoms with van der Waals surface area (Å²) in [5.74, 6) is 1.40. The zero-order valence-corrected chi connectivity index (χ0v) is 15.3. The molecule has 0 bridgehead atoms. The second-order valence-electron chi connectivity index (χ2n) is 5.64. The van der Waals surface area contributed by atoms with E-state index in [0.29, 0.717) is 5.92 Å². The van der Waals surface area contributed by atoms with E-state index in [1.54, 1.807) is 7.05 Å². The number of aliphatic imine (C=N–C) groups is 1. The van der Waals surface area contributed by atoms with Crippen molar-refractivity contribution in [2.24, 2.45) is 10.9 Å². The van der Waals surface area contributed by atoms with Gasteiger partial charge in [0.25, 0.3) is 0 Å². The molecule has 0 spiro atoms. The van der Waals surface area contributed by atoms with E-state index in [-0.39, 0.29) is 0 Å². The van der Waals surface area contributed by atoms with Crippen molar-refractivity contribution in [1.29, 1.82) is 0 Å². The van der Waals surface area contributed by atoms with Crippen LogP contribution < -0.4 is 10.6 Å². The van der Waals surface area contributed by atoms with Gasteiger partial charge in [-0.3, -0.25) is 4.99 Å². The normalized spacial score (nSPS) is 18.2. The minimum atomic E-state index is 0.586. The number of halogens is 1. The molecular weight excluding hydrogens is 358 g/mol. The summed E-state index contributed by atoms with van der Waals surface area (Å²) >= 11 is 3.48. The number of hydrogen-bond acceptors (Lipinski definition) is 3. The molecule has 0 aliphatic carbocycles. The van der Waals surface area contributed by atoms with Crippen LogP contribution in [-0.2, 0) is 16.0 Å². The predicted molar refractivity (Wildman–Crippen MR) is 96.7 cm³/mol. The summed E-state index contributed by atoms with van der Waals surface area (Å²) in [6.45, 7) is 4.92. The van der Waals surface area contributed by atoms with Gasteiger partial charge in [-0.25, -0.2) is 0 Å². The van der Waals surface area contributed by atoms with E-state index in [4.69, 9.17) is 9.47 Å². The van der Waals surface area contributed by atoms with E-state index in [1.165, 1.54) is 5.56 Å². The first kappa shape index (κ1) is 18.2. The van der Waals surface area contributed by atoms with Crippen LogP contribution >= 0.6 is 15.9 Å². The van der Waals surface area contributed by atoms with Crippen LogP contribution in [0.3, 0.4) is 0 Å². The van der Waals surface area contributed by atoms with Gasteiger partial charge in [0.05, 0.1) is 13.2 Å². The van der Waals surface area contributed by atoms with Gasteiger partial charge in [-0.1, -0.05) is 28.1 Å². The molecular formula is C17H26BrN3O2. The van der Waals surface area contributed by atoms with E-state index < -0.39 is 0 Å². The van der Waals surface area contributed by atoms with Gasteiger partial charge in [0.1, 0.15) is 0 Å². The van der Waals surface area contributed by atoms with Gasteiger partial charge in [-0.2, -0.15) is 0 Å². The lowest BCUT2D eigenvalue weighted by Crippen LogP contribution is -2.37. The van der Waals surface area contributed by atoms with Crippen molar-refractivity contribution in [3.05, 3.63) is 34.3 Å². The molecule has 1 aliphatic rings. The standard InChI is InChI=1S/C17H26BrN3O2/c1-19-17(21-11-14-4-2-5-16(18)10-14)20-7-3-8-22-12-15-6-9-23-13-15/h2,4-5,10,15H,3,6-9,11-13H2,1H3,(H2,19,20,21). The summed E-state index contributed by atoms with van der Waals surface area (Å²) in [5, 5.41) is 6.61. The largest absolute Gasteiger partial charge is 0.381 e. The van der Waals surface area contributed by atoms with E-state index in [0.717, 1.165) is 62.8 Å². The molecule has 1 atom stereocenters. The fraction of sp³-hybridized carbons (Fsp3) is 0.588. The van der Waals surface area contributed by atoms with E-state index in [2.05, 4.69) is 43.7 Å². The van der Waals surface area contributed by atoms with Gasteiger partial charge in [-0.15, -0.1) is 0 Å². The summed E-state index contributed by atoms with van der Waals surface area (Å²) in [6.07, 6.45) is 2.09. The molecule has 1 saturated heterocycles. The fourth-order valence-electron chi connectivity index (χ4n) is 2.40. The third-order valence-electron chi connectivity index (χ3n) is 3.71. The average molecular weight is 384 g/mol. The van der Waals surface area contributed by atoms with Gasteiger partial charge in [0, 0.05) is 43.7 Å². The topological polar surface area (TPSA) is 54.9 Å². The maximum Gasteiger partial charge on any atom is 0.191 e. The molecule has 23 heavy (non-hydrogen) atoms. The highest BCUT2D eigenvalue weighted by Gasteiger charge is 2.15. The highest BCUT2D eigenvalue weighted by atomic mass is 79.9. The molecule has 128 valence electrons. The zero-order chi connectivity index (χ0) is 16.3. The van der Waals surface area contributed by atoms with Crippen LogP contribution in [0.25, 0.3) is 0 Å². The first-order chi connectivity index (χ1) is 11.3. The second kappa shape index (κ2) is 10.6. The first-order valence-corrected chi connectivity index (χ1v) is 8.91. The molecule has 1 aliphatic heterocycles. The molecule has 1 unspecified atom stereocenters. The number of benzene rings is 1. The molecule has 0 aromatic heterocycles. The van der Waals surface area contributed by atoms with Crippen molar-refractivity contribution in [3.63, 3.8) is 0 Å². The Hall–Kier alpha value is -1.11. The molecule has 0 amide bonds. The van der Waals surface area contributed by atoms with Crippen molar-refractivity contribution >= 4 is 21.9 Å². The second-order valence-corrected chi connectivity index (χ2v) is 6.56. The SMILES string of the molecule is CN=C(NCCCOCC1CCOC1)NCc1cccc(Br)c1. The Morgan fingerprint density at radius 2 is 2.35 bits per heavy atom. The van der Waals surface area contributed by atoms with Crippen molar-refractivity contribution in [1.82, 2.24) is 10.6 Å². The minimum Gasteiger partial charge on any atom is -0.381 e. The maximum absolute atomic E-state index is 5.69. The zero-order valence-electron chi connectivity index (χ0n) is 13.7. The van der Waals surface area contributed by atoms with Crippen LogP contribution in [0.2, 0.25) is 0 Å². The molecule has 6 heteroatoms. The Labute approximate surface area is 147 Å². The smallest absolute Gasteiger partial charge is 0.191 e. The molecule has 2 rings (SSSR count). The molecule has 1 aromatic carbocycles. The number of nitrogens with zero attached hydrogens (tertiary/aromatic N) is 1. The van der Waals surface area contributed by atoms with E-state index in [9.17, 15) is 0 Å². The van der Waals surface area contributed by atoms with Crippen LogP contribution in [0.15, 0.2) is 33.7 Å². The van der Waals surface area contributed by atoms with E-state index in [1.807, 2.05) is 12.1 Å². The van der Waals surface area contributed by atoms with Crippen LogP contribution in [-0.4, -0.2) is 46.0 Å². The van der Waals surface area contributed by atoms with Gasteiger partial charge in [0.2, 0.25) is 0 Å².